The van der Waals surface area contributed by atoms with Crippen molar-refractivity contribution in [3.05, 3.63) is 34.9 Å². The Labute approximate surface area is 123 Å². The topological polar surface area (TPSA) is 46.2 Å². The third kappa shape index (κ3) is 2.40. The summed E-state index contributed by atoms with van der Waals surface area (Å²) < 4.78 is 0. The fraction of sp³-hybridized carbons (Fsp3) is 0.667. The van der Waals surface area contributed by atoms with Gasteiger partial charge in [0, 0.05) is 12.0 Å². The monoisotopic (exact) mass is 275 g/mol. The SMILES string of the molecule is CCC1CCC(CN)(C(C)(O)c2ccc(C)c(C)c2)C1. The highest BCUT2D eigenvalue weighted by Crippen LogP contribution is 2.53. The van der Waals surface area contributed by atoms with Crippen LogP contribution in [0.15, 0.2) is 18.2 Å². The van der Waals surface area contributed by atoms with E-state index in [0.717, 1.165) is 18.4 Å². The van der Waals surface area contributed by atoms with Gasteiger partial charge in [0.25, 0.3) is 0 Å². The molecule has 2 nitrogen and oxygen atoms in total. The Hall–Kier alpha value is -0.860. The Bertz CT molecular complexity index is 480. The van der Waals surface area contributed by atoms with Crippen molar-refractivity contribution in [2.45, 2.75) is 59.0 Å². The van der Waals surface area contributed by atoms with Gasteiger partial charge in [-0.05, 0) is 62.6 Å². The molecule has 3 unspecified atom stereocenters. The maximum atomic E-state index is 11.3. The molecule has 0 aromatic heterocycles. The Morgan fingerprint density at radius 2 is 2.05 bits per heavy atom. The molecule has 0 saturated heterocycles. The van der Waals surface area contributed by atoms with Gasteiger partial charge in [-0.15, -0.1) is 0 Å². The standard InChI is InChI=1S/C18H29NO/c1-5-15-8-9-18(11-15,12-19)17(4,20)16-7-6-13(2)14(3)10-16/h6-7,10,15,20H,5,8-9,11-12,19H2,1-4H3. The second-order valence-corrected chi connectivity index (χ2v) is 6.87. The maximum Gasteiger partial charge on any atom is 0.0936 e. The molecule has 0 radical (unpaired) electrons. The van der Waals surface area contributed by atoms with Crippen LogP contribution in [-0.2, 0) is 5.60 Å². The van der Waals surface area contributed by atoms with Gasteiger partial charge in [0.15, 0.2) is 0 Å². The molecule has 1 aromatic carbocycles. The van der Waals surface area contributed by atoms with Crippen LogP contribution in [0.5, 0.6) is 0 Å². The zero-order valence-corrected chi connectivity index (χ0v) is 13.4. The summed E-state index contributed by atoms with van der Waals surface area (Å²) in [5, 5.41) is 11.3. The Balaban J connectivity index is 2.39. The van der Waals surface area contributed by atoms with E-state index in [2.05, 4.69) is 39.0 Å². The van der Waals surface area contributed by atoms with Gasteiger partial charge in [-0.2, -0.15) is 0 Å². The van der Waals surface area contributed by atoms with Gasteiger partial charge in [-0.3, -0.25) is 0 Å². The average Bonchev–Trinajstić information content (AvgIpc) is 2.87. The fourth-order valence-corrected chi connectivity index (χ4v) is 3.76. The number of aryl methyl sites for hydroxylation is 2. The van der Waals surface area contributed by atoms with E-state index in [1.54, 1.807) is 0 Å². The molecule has 2 heteroatoms. The van der Waals surface area contributed by atoms with E-state index in [0.29, 0.717) is 12.5 Å². The van der Waals surface area contributed by atoms with Crippen LogP contribution in [0, 0.1) is 25.2 Å². The number of aliphatic hydroxyl groups is 1. The molecule has 1 aliphatic carbocycles. The Morgan fingerprint density at radius 1 is 1.35 bits per heavy atom. The maximum absolute atomic E-state index is 11.3. The zero-order valence-electron chi connectivity index (χ0n) is 13.4. The molecular formula is C18H29NO. The average molecular weight is 275 g/mol. The lowest BCUT2D eigenvalue weighted by atomic mass is 9.67. The second kappa shape index (κ2) is 5.50. The normalized spacial score (nSPS) is 29.4. The summed E-state index contributed by atoms with van der Waals surface area (Å²) in [7, 11) is 0. The van der Waals surface area contributed by atoms with E-state index in [4.69, 9.17) is 5.73 Å². The van der Waals surface area contributed by atoms with Crippen molar-refractivity contribution in [1.29, 1.82) is 0 Å². The van der Waals surface area contributed by atoms with Crippen LogP contribution in [0.25, 0.3) is 0 Å². The summed E-state index contributed by atoms with van der Waals surface area (Å²) >= 11 is 0. The number of hydrogen-bond acceptors (Lipinski definition) is 2. The predicted molar refractivity (Wildman–Crippen MR) is 84.6 cm³/mol. The molecule has 3 N–H and O–H groups in total. The first-order chi connectivity index (χ1) is 9.36. The molecule has 1 saturated carbocycles. The summed E-state index contributed by atoms with van der Waals surface area (Å²) in [6, 6.07) is 6.31. The quantitative estimate of drug-likeness (QED) is 0.880. The van der Waals surface area contributed by atoms with Gasteiger partial charge in [0.2, 0.25) is 0 Å². The van der Waals surface area contributed by atoms with Crippen molar-refractivity contribution >= 4 is 0 Å². The van der Waals surface area contributed by atoms with Gasteiger partial charge in [-0.25, -0.2) is 0 Å². The van der Waals surface area contributed by atoms with E-state index in [9.17, 15) is 5.11 Å². The summed E-state index contributed by atoms with van der Waals surface area (Å²) in [5.41, 5.74) is 8.62. The molecule has 0 amide bonds. The van der Waals surface area contributed by atoms with Gasteiger partial charge in [0.05, 0.1) is 5.60 Å². The van der Waals surface area contributed by atoms with Gasteiger partial charge in [0.1, 0.15) is 0 Å². The van der Waals surface area contributed by atoms with Crippen molar-refractivity contribution in [1.82, 2.24) is 0 Å². The van der Waals surface area contributed by atoms with Crippen molar-refractivity contribution in [2.24, 2.45) is 17.1 Å². The van der Waals surface area contributed by atoms with Crippen molar-refractivity contribution in [3.63, 3.8) is 0 Å². The summed E-state index contributed by atoms with van der Waals surface area (Å²) in [6.45, 7) is 8.97. The summed E-state index contributed by atoms with van der Waals surface area (Å²) in [6.07, 6.45) is 4.45. The predicted octanol–water partition coefficient (Wildman–Crippen LogP) is 3.67. The number of nitrogens with two attached hydrogens (primary N) is 1. The van der Waals surface area contributed by atoms with E-state index < -0.39 is 5.60 Å². The molecule has 2 rings (SSSR count). The first kappa shape index (κ1) is 15.5. The molecule has 1 aromatic rings. The summed E-state index contributed by atoms with van der Waals surface area (Å²) in [5.74, 6) is 0.705. The van der Waals surface area contributed by atoms with Crippen LogP contribution >= 0.6 is 0 Å². The molecular weight excluding hydrogens is 246 g/mol. The van der Waals surface area contributed by atoms with Crippen molar-refractivity contribution < 1.29 is 5.11 Å². The second-order valence-electron chi connectivity index (χ2n) is 6.87. The molecule has 112 valence electrons. The highest BCUT2D eigenvalue weighted by molar-refractivity contribution is 5.34. The summed E-state index contributed by atoms with van der Waals surface area (Å²) in [4.78, 5) is 0. The zero-order chi connectivity index (χ0) is 15.0. The molecule has 0 spiro atoms. The van der Waals surface area contributed by atoms with Crippen LogP contribution in [0.1, 0.15) is 56.2 Å². The van der Waals surface area contributed by atoms with Gasteiger partial charge < -0.3 is 10.8 Å². The van der Waals surface area contributed by atoms with Crippen molar-refractivity contribution in [3.8, 4) is 0 Å². The van der Waals surface area contributed by atoms with E-state index in [1.165, 1.54) is 24.0 Å². The van der Waals surface area contributed by atoms with E-state index in [-0.39, 0.29) is 5.41 Å². The fourth-order valence-electron chi connectivity index (χ4n) is 3.76. The van der Waals surface area contributed by atoms with Crippen LogP contribution in [0.4, 0.5) is 0 Å². The molecule has 0 heterocycles. The van der Waals surface area contributed by atoms with Crippen molar-refractivity contribution in [2.75, 3.05) is 6.54 Å². The minimum atomic E-state index is -0.843. The van der Waals surface area contributed by atoms with Crippen LogP contribution in [0.2, 0.25) is 0 Å². The molecule has 1 aliphatic rings. The van der Waals surface area contributed by atoms with Crippen LogP contribution < -0.4 is 5.73 Å². The van der Waals surface area contributed by atoms with E-state index in [1.807, 2.05) is 6.92 Å². The Kier molecular flexibility index (Phi) is 4.27. The Morgan fingerprint density at radius 3 is 2.55 bits per heavy atom. The number of benzene rings is 1. The lowest BCUT2D eigenvalue weighted by Crippen LogP contribution is -2.47. The largest absolute Gasteiger partial charge is 0.385 e. The highest BCUT2D eigenvalue weighted by atomic mass is 16.3. The third-order valence-electron chi connectivity index (χ3n) is 5.78. The number of hydrogen-bond donors (Lipinski definition) is 2. The van der Waals surface area contributed by atoms with E-state index >= 15 is 0 Å². The minimum absolute atomic E-state index is 0.171. The molecule has 20 heavy (non-hydrogen) atoms. The third-order valence-corrected chi connectivity index (χ3v) is 5.78. The minimum Gasteiger partial charge on any atom is -0.385 e. The molecule has 0 aliphatic heterocycles. The first-order valence-corrected chi connectivity index (χ1v) is 7.86. The molecule has 0 bridgehead atoms. The number of rotatable bonds is 4. The molecule has 3 atom stereocenters. The van der Waals surface area contributed by atoms with Gasteiger partial charge in [-0.1, -0.05) is 31.5 Å². The highest BCUT2D eigenvalue weighted by Gasteiger charge is 2.51. The van der Waals surface area contributed by atoms with Crippen LogP contribution in [-0.4, -0.2) is 11.7 Å². The smallest absolute Gasteiger partial charge is 0.0936 e. The lowest BCUT2D eigenvalue weighted by molar-refractivity contribution is -0.0715. The van der Waals surface area contributed by atoms with Crippen LogP contribution in [0.3, 0.4) is 0 Å². The molecule has 1 fully saturated rings. The van der Waals surface area contributed by atoms with Gasteiger partial charge >= 0.3 is 0 Å². The first-order valence-electron chi connectivity index (χ1n) is 7.86. The lowest BCUT2D eigenvalue weighted by Gasteiger charge is -2.43.